The van der Waals surface area contributed by atoms with Crippen LogP contribution in [0.2, 0.25) is 5.02 Å². The molecule has 0 bridgehead atoms. The number of carbonyl (C=O) groups is 1. The summed E-state index contributed by atoms with van der Waals surface area (Å²) >= 11 is 3.29. The number of esters is 1. The molecule has 1 aromatic rings. The molecule has 1 unspecified atom stereocenters. The number of methoxy groups -OCH3 is 1. The quantitative estimate of drug-likeness (QED) is 0.362. The predicted octanol–water partition coefficient (Wildman–Crippen LogP) is -1.63. The van der Waals surface area contributed by atoms with Crippen LogP contribution in [-0.4, -0.2) is 21.8 Å². The number of hydrogen-bond acceptors (Lipinski definition) is 4. The van der Waals surface area contributed by atoms with Crippen LogP contribution in [0.3, 0.4) is 0 Å². The summed E-state index contributed by atoms with van der Waals surface area (Å²) in [6.45, 7) is 0. The van der Waals surface area contributed by atoms with E-state index in [4.69, 9.17) is 11.6 Å². The SMILES string of the molecule is COC(=O)c1cc(S(=O)[O-])ccc1Cl.[Na+]. The molecule has 0 N–H and O–H groups in total. The van der Waals surface area contributed by atoms with Crippen molar-refractivity contribution in [2.45, 2.75) is 4.90 Å². The summed E-state index contributed by atoms with van der Waals surface area (Å²) in [5.41, 5.74) is 0.0378. The van der Waals surface area contributed by atoms with E-state index in [1.54, 1.807) is 0 Å². The topological polar surface area (TPSA) is 66.4 Å². The summed E-state index contributed by atoms with van der Waals surface area (Å²) in [7, 11) is 1.19. The Morgan fingerprint density at radius 2 is 2.13 bits per heavy atom. The molecule has 0 radical (unpaired) electrons. The molecule has 0 spiro atoms. The molecular weight excluding hydrogens is 251 g/mol. The van der Waals surface area contributed by atoms with Crippen molar-refractivity contribution in [2.75, 3.05) is 7.11 Å². The van der Waals surface area contributed by atoms with Crippen molar-refractivity contribution in [1.82, 2.24) is 0 Å². The van der Waals surface area contributed by atoms with Crippen LogP contribution in [0.1, 0.15) is 10.4 Å². The van der Waals surface area contributed by atoms with E-state index in [9.17, 15) is 13.6 Å². The molecule has 0 aliphatic heterocycles. The van der Waals surface area contributed by atoms with Crippen LogP contribution in [0.15, 0.2) is 23.1 Å². The zero-order valence-electron chi connectivity index (χ0n) is 8.15. The van der Waals surface area contributed by atoms with Crippen LogP contribution in [0.5, 0.6) is 0 Å². The number of hydrogen-bond donors (Lipinski definition) is 0. The van der Waals surface area contributed by atoms with Crippen molar-refractivity contribution >= 4 is 28.7 Å². The summed E-state index contributed by atoms with van der Waals surface area (Å²) in [6.07, 6.45) is 0. The average Bonchev–Trinajstić information content (AvgIpc) is 2.17. The van der Waals surface area contributed by atoms with Gasteiger partial charge in [-0.05, 0) is 29.3 Å². The Balaban J connectivity index is 0.00000196. The third-order valence-corrected chi connectivity index (χ3v) is 2.50. The van der Waals surface area contributed by atoms with Gasteiger partial charge in [0.05, 0.1) is 17.7 Å². The summed E-state index contributed by atoms with van der Waals surface area (Å²) < 4.78 is 25.6. The maximum absolute atomic E-state index is 11.1. The molecule has 0 aliphatic rings. The molecule has 1 aromatic carbocycles. The number of ether oxygens (including phenoxy) is 1. The van der Waals surface area contributed by atoms with Gasteiger partial charge in [-0.25, -0.2) is 4.79 Å². The number of rotatable bonds is 2. The summed E-state index contributed by atoms with van der Waals surface area (Å²) in [5, 5.41) is 0.158. The van der Waals surface area contributed by atoms with Crippen molar-refractivity contribution in [2.24, 2.45) is 0 Å². The van der Waals surface area contributed by atoms with Crippen LogP contribution in [-0.2, 0) is 15.8 Å². The summed E-state index contributed by atoms with van der Waals surface area (Å²) in [4.78, 5) is 11.1. The molecule has 4 nitrogen and oxygen atoms in total. The van der Waals surface area contributed by atoms with Crippen molar-refractivity contribution in [3.05, 3.63) is 28.8 Å². The molecular formula is C8H6ClNaO4S. The normalized spacial score (nSPS) is 11.4. The Morgan fingerprint density at radius 3 is 2.60 bits per heavy atom. The first-order valence-corrected chi connectivity index (χ1v) is 4.98. The van der Waals surface area contributed by atoms with Crippen molar-refractivity contribution in [3.63, 3.8) is 0 Å². The average molecular weight is 257 g/mol. The first-order valence-electron chi connectivity index (χ1n) is 3.53. The van der Waals surface area contributed by atoms with Gasteiger partial charge in [0.15, 0.2) is 0 Å². The van der Waals surface area contributed by atoms with Crippen LogP contribution < -0.4 is 29.6 Å². The van der Waals surface area contributed by atoms with Crippen molar-refractivity contribution in [1.29, 1.82) is 0 Å². The first kappa shape index (κ1) is 15.1. The summed E-state index contributed by atoms with van der Waals surface area (Å²) in [6, 6.07) is 3.80. The fourth-order valence-corrected chi connectivity index (χ4v) is 1.46. The third kappa shape index (κ3) is 3.86. The molecule has 0 aliphatic carbocycles. The van der Waals surface area contributed by atoms with Gasteiger partial charge < -0.3 is 9.29 Å². The van der Waals surface area contributed by atoms with E-state index in [-0.39, 0.29) is 45.0 Å². The minimum absolute atomic E-state index is 0. The van der Waals surface area contributed by atoms with Gasteiger partial charge in [-0.1, -0.05) is 11.6 Å². The van der Waals surface area contributed by atoms with E-state index >= 15 is 0 Å². The van der Waals surface area contributed by atoms with E-state index in [0.717, 1.165) is 6.07 Å². The minimum atomic E-state index is -2.38. The molecule has 0 fully saturated rings. The van der Waals surface area contributed by atoms with Crippen LogP contribution in [0.4, 0.5) is 0 Å². The minimum Gasteiger partial charge on any atom is -0.768 e. The van der Waals surface area contributed by atoms with Gasteiger partial charge in [-0.15, -0.1) is 0 Å². The Hall–Kier alpha value is 0.0900. The number of halogens is 1. The van der Waals surface area contributed by atoms with E-state index in [2.05, 4.69) is 4.74 Å². The predicted molar refractivity (Wildman–Crippen MR) is 50.0 cm³/mol. The molecule has 1 rings (SSSR count). The second kappa shape index (κ2) is 6.62. The third-order valence-electron chi connectivity index (χ3n) is 1.54. The Morgan fingerprint density at radius 1 is 1.53 bits per heavy atom. The van der Waals surface area contributed by atoms with Gasteiger partial charge in [0.1, 0.15) is 0 Å². The monoisotopic (exact) mass is 256 g/mol. The standard InChI is InChI=1S/C8H7ClO4S.Na/c1-13-8(10)6-4-5(14(11)12)2-3-7(6)9;/h2-4H,1H3,(H,11,12);/q;+1/p-1. The van der Waals surface area contributed by atoms with E-state index in [1.807, 2.05) is 0 Å². The van der Waals surface area contributed by atoms with Gasteiger partial charge in [-0.2, -0.15) is 0 Å². The Kier molecular flexibility index (Phi) is 6.66. The maximum atomic E-state index is 11.1. The second-order valence-electron chi connectivity index (χ2n) is 2.37. The Labute approximate surface area is 117 Å². The number of benzene rings is 1. The first-order chi connectivity index (χ1) is 6.56. The largest absolute Gasteiger partial charge is 1.00 e. The van der Waals surface area contributed by atoms with E-state index in [0.29, 0.717) is 0 Å². The number of carbonyl (C=O) groups excluding carboxylic acids is 1. The molecule has 0 aromatic heterocycles. The molecule has 0 heterocycles. The maximum Gasteiger partial charge on any atom is 1.00 e. The second-order valence-corrected chi connectivity index (χ2v) is 3.72. The molecule has 0 saturated carbocycles. The van der Waals surface area contributed by atoms with Crippen LogP contribution in [0.25, 0.3) is 0 Å². The molecule has 15 heavy (non-hydrogen) atoms. The van der Waals surface area contributed by atoms with Crippen LogP contribution >= 0.6 is 11.6 Å². The Bertz CT molecular complexity index is 396. The van der Waals surface area contributed by atoms with E-state index in [1.165, 1.54) is 19.2 Å². The fraction of sp³-hybridized carbons (Fsp3) is 0.125. The van der Waals surface area contributed by atoms with Crippen LogP contribution in [0, 0.1) is 0 Å². The van der Waals surface area contributed by atoms with Crippen molar-refractivity contribution < 1.29 is 47.9 Å². The molecule has 0 saturated heterocycles. The van der Waals surface area contributed by atoms with Gasteiger partial charge in [0, 0.05) is 4.90 Å². The smallest absolute Gasteiger partial charge is 0.768 e. The van der Waals surface area contributed by atoms with E-state index < -0.39 is 17.0 Å². The van der Waals surface area contributed by atoms with Gasteiger partial charge >= 0.3 is 35.5 Å². The zero-order valence-corrected chi connectivity index (χ0v) is 11.7. The molecule has 1 atom stereocenters. The molecule has 0 amide bonds. The van der Waals surface area contributed by atoms with Gasteiger partial charge in [-0.3, -0.25) is 4.21 Å². The van der Waals surface area contributed by atoms with Crippen molar-refractivity contribution in [3.8, 4) is 0 Å². The molecule has 7 heteroatoms. The van der Waals surface area contributed by atoms with Gasteiger partial charge in [0.25, 0.3) is 0 Å². The zero-order chi connectivity index (χ0) is 10.7. The fourth-order valence-electron chi connectivity index (χ4n) is 0.874. The summed E-state index contributed by atoms with van der Waals surface area (Å²) in [5.74, 6) is -0.665. The van der Waals surface area contributed by atoms with Gasteiger partial charge in [0.2, 0.25) is 0 Å². The molecule has 76 valence electrons.